The number of aromatic nitrogens is 1. The molecule has 0 fully saturated rings. The number of benzene rings is 1. The second-order valence-electron chi connectivity index (χ2n) is 3.14. The number of hydrogen-bond donors (Lipinski definition) is 0. The minimum Gasteiger partial charge on any atom is -0.495 e. The lowest BCUT2D eigenvalue weighted by Gasteiger charge is -2.04. The van der Waals surface area contributed by atoms with Gasteiger partial charge in [-0.1, -0.05) is 12.1 Å². The van der Waals surface area contributed by atoms with E-state index < -0.39 is 0 Å². The Morgan fingerprint density at radius 2 is 2.21 bits per heavy atom. The average molecular weight is 189 g/mol. The number of rotatable bonds is 2. The van der Waals surface area contributed by atoms with Crippen LogP contribution in [0, 0.1) is 0 Å². The molecule has 0 aliphatic carbocycles. The molecule has 0 atom stereocenters. The zero-order chi connectivity index (χ0) is 10.1. The molecule has 0 spiro atoms. The van der Waals surface area contributed by atoms with Crippen molar-refractivity contribution in [1.29, 1.82) is 0 Å². The van der Waals surface area contributed by atoms with E-state index in [1.165, 1.54) is 0 Å². The van der Waals surface area contributed by atoms with Gasteiger partial charge >= 0.3 is 0 Å². The highest BCUT2D eigenvalue weighted by molar-refractivity contribution is 5.92. The number of nitrogens with zero attached hydrogens (tertiary/aromatic N) is 1. The number of hydrogen-bond acceptors (Lipinski definition) is 2. The van der Waals surface area contributed by atoms with Crippen molar-refractivity contribution in [2.75, 3.05) is 7.11 Å². The molecule has 1 aromatic carbocycles. The number of aldehydes is 1. The molecule has 14 heavy (non-hydrogen) atoms. The van der Waals surface area contributed by atoms with E-state index in [1.54, 1.807) is 7.11 Å². The van der Waals surface area contributed by atoms with Gasteiger partial charge in [0.25, 0.3) is 0 Å². The van der Waals surface area contributed by atoms with Crippen molar-refractivity contribution in [3.05, 3.63) is 30.0 Å². The third-order valence-corrected chi connectivity index (χ3v) is 2.40. The summed E-state index contributed by atoms with van der Waals surface area (Å²) in [6.07, 6.45) is 0.847. The highest BCUT2D eigenvalue weighted by Crippen LogP contribution is 2.27. The molecule has 2 rings (SSSR count). The van der Waals surface area contributed by atoms with Crippen LogP contribution in [0.2, 0.25) is 0 Å². The normalized spacial score (nSPS) is 10.4. The molecule has 1 heterocycles. The molecule has 3 heteroatoms. The van der Waals surface area contributed by atoms with Crippen LogP contribution in [0.25, 0.3) is 10.9 Å². The van der Waals surface area contributed by atoms with Gasteiger partial charge in [0.2, 0.25) is 0 Å². The van der Waals surface area contributed by atoms with Gasteiger partial charge in [-0.15, -0.1) is 0 Å². The molecule has 0 unspecified atom stereocenters. The fourth-order valence-corrected chi connectivity index (χ4v) is 1.68. The van der Waals surface area contributed by atoms with E-state index in [9.17, 15) is 4.79 Å². The quantitative estimate of drug-likeness (QED) is 0.676. The molecule has 0 saturated heterocycles. The zero-order valence-corrected chi connectivity index (χ0v) is 8.15. The van der Waals surface area contributed by atoms with Crippen molar-refractivity contribution in [3.63, 3.8) is 0 Å². The number of aryl methyl sites for hydroxylation is 1. The van der Waals surface area contributed by atoms with Gasteiger partial charge in [0.05, 0.1) is 18.3 Å². The second-order valence-corrected chi connectivity index (χ2v) is 3.14. The lowest BCUT2D eigenvalue weighted by Crippen LogP contribution is -1.95. The van der Waals surface area contributed by atoms with Crippen LogP contribution < -0.4 is 4.74 Å². The van der Waals surface area contributed by atoms with Gasteiger partial charge in [0.15, 0.2) is 6.29 Å². The minimum absolute atomic E-state index is 0.657. The van der Waals surface area contributed by atoms with E-state index in [1.807, 2.05) is 35.9 Å². The minimum atomic E-state index is 0.657. The van der Waals surface area contributed by atoms with E-state index in [0.29, 0.717) is 5.69 Å². The maximum Gasteiger partial charge on any atom is 0.166 e. The van der Waals surface area contributed by atoms with Crippen LogP contribution in [0.1, 0.15) is 10.5 Å². The average Bonchev–Trinajstić information content (AvgIpc) is 2.55. The highest BCUT2D eigenvalue weighted by Gasteiger charge is 2.08. The van der Waals surface area contributed by atoms with Gasteiger partial charge < -0.3 is 9.30 Å². The number of carbonyl (C=O) groups is 1. The van der Waals surface area contributed by atoms with Crippen molar-refractivity contribution >= 4 is 17.2 Å². The molecular weight excluding hydrogens is 178 g/mol. The van der Waals surface area contributed by atoms with Gasteiger partial charge in [-0.25, -0.2) is 0 Å². The monoisotopic (exact) mass is 189 g/mol. The molecule has 1 aromatic heterocycles. The van der Waals surface area contributed by atoms with Crippen molar-refractivity contribution in [2.45, 2.75) is 0 Å². The third kappa shape index (κ3) is 1.09. The number of para-hydroxylation sites is 1. The van der Waals surface area contributed by atoms with Crippen LogP contribution in [0.5, 0.6) is 5.75 Å². The molecule has 0 aliphatic rings. The summed E-state index contributed by atoms with van der Waals surface area (Å²) < 4.78 is 7.06. The molecule has 0 amide bonds. The molecule has 0 radical (unpaired) electrons. The Morgan fingerprint density at radius 3 is 2.86 bits per heavy atom. The van der Waals surface area contributed by atoms with Crippen LogP contribution in [-0.4, -0.2) is 18.0 Å². The summed E-state index contributed by atoms with van der Waals surface area (Å²) >= 11 is 0. The number of methoxy groups -OCH3 is 1. The van der Waals surface area contributed by atoms with Crippen LogP contribution in [0.4, 0.5) is 0 Å². The molecule has 72 valence electrons. The predicted octanol–water partition coefficient (Wildman–Crippen LogP) is 2.00. The maximum absolute atomic E-state index is 10.7. The number of fused-ring (bicyclic) bond motifs is 1. The number of ether oxygens (including phenoxy) is 1. The van der Waals surface area contributed by atoms with Gasteiger partial charge in [-0.3, -0.25) is 4.79 Å². The fourth-order valence-electron chi connectivity index (χ4n) is 1.68. The summed E-state index contributed by atoms with van der Waals surface area (Å²) in [7, 11) is 3.48. The summed E-state index contributed by atoms with van der Waals surface area (Å²) in [5.74, 6) is 0.790. The van der Waals surface area contributed by atoms with Gasteiger partial charge in [0.1, 0.15) is 5.75 Å². The molecule has 0 aliphatic heterocycles. The van der Waals surface area contributed by atoms with Crippen molar-refractivity contribution in [3.8, 4) is 5.75 Å². The standard InChI is InChI=1S/C11H11NO2/c1-12-9(7-13)6-8-4-3-5-10(14-2)11(8)12/h3-7H,1-2H3. The SMILES string of the molecule is COc1cccc2cc(C=O)n(C)c12. The van der Waals surface area contributed by atoms with Crippen LogP contribution >= 0.6 is 0 Å². The topological polar surface area (TPSA) is 31.2 Å². The van der Waals surface area contributed by atoms with E-state index in [4.69, 9.17) is 4.74 Å². The molecule has 0 bridgehead atoms. The predicted molar refractivity (Wildman–Crippen MR) is 54.9 cm³/mol. The lowest BCUT2D eigenvalue weighted by molar-refractivity contribution is 0.111. The Kier molecular flexibility index (Phi) is 2.00. The van der Waals surface area contributed by atoms with Crippen molar-refractivity contribution in [1.82, 2.24) is 4.57 Å². The fraction of sp³-hybridized carbons (Fsp3) is 0.182. The van der Waals surface area contributed by atoms with Crippen molar-refractivity contribution in [2.24, 2.45) is 7.05 Å². The van der Waals surface area contributed by atoms with Gasteiger partial charge in [0, 0.05) is 12.4 Å². The smallest absolute Gasteiger partial charge is 0.166 e. The van der Waals surface area contributed by atoms with Gasteiger partial charge in [-0.05, 0) is 12.1 Å². The molecular formula is C11H11NO2. The van der Waals surface area contributed by atoms with E-state index in [0.717, 1.165) is 22.9 Å². The molecule has 3 nitrogen and oxygen atoms in total. The summed E-state index contributed by atoms with van der Waals surface area (Å²) in [4.78, 5) is 10.7. The first-order chi connectivity index (χ1) is 6.77. The Hall–Kier alpha value is -1.77. The molecule has 0 saturated carbocycles. The third-order valence-electron chi connectivity index (χ3n) is 2.40. The number of carbonyl (C=O) groups excluding carboxylic acids is 1. The maximum atomic E-state index is 10.7. The Bertz CT molecular complexity index is 485. The summed E-state index contributed by atoms with van der Waals surface area (Å²) in [5.41, 5.74) is 1.61. The van der Waals surface area contributed by atoms with Gasteiger partial charge in [-0.2, -0.15) is 0 Å². The lowest BCUT2D eigenvalue weighted by atomic mass is 10.2. The Labute approximate surface area is 81.9 Å². The molecule has 0 N–H and O–H groups in total. The van der Waals surface area contributed by atoms with E-state index in [-0.39, 0.29) is 0 Å². The molecule has 2 aromatic rings. The first-order valence-corrected chi connectivity index (χ1v) is 4.35. The summed E-state index contributed by atoms with van der Waals surface area (Å²) in [5, 5.41) is 1.02. The second kappa shape index (κ2) is 3.18. The van der Waals surface area contributed by atoms with E-state index >= 15 is 0 Å². The summed E-state index contributed by atoms with van der Waals surface area (Å²) in [6, 6.07) is 7.61. The van der Waals surface area contributed by atoms with E-state index in [2.05, 4.69) is 0 Å². The Morgan fingerprint density at radius 1 is 1.43 bits per heavy atom. The summed E-state index contributed by atoms with van der Waals surface area (Å²) in [6.45, 7) is 0. The largest absolute Gasteiger partial charge is 0.495 e. The highest BCUT2D eigenvalue weighted by atomic mass is 16.5. The first-order valence-electron chi connectivity index (χ1n) is 4.35. The van der Waals surface area contributed by atoms with Crippen LogP contribution in [0.15, 0.2) is 24.3 Å². The van der Waals surface area contributed by atoms with Crippen molar-refractivity contribution < 1.29 is 9.53 Å². The zero-order valence-electron chi connectivity index (χ0n) is 8.15. The van der Waals surface area contributed by atoms with Crippen LogP contribution in [-0.2, 0) is 7.05 Å². The Balaban J connectivity index is 2.85. The first kappa shape index (κ1) is 8.81. The van der Waals surface area contributed by atoms with Crippen LogP contribution in [0.3, 0.4) is 0 Å².